The van der Waals surface area contributed by atoms with Gasteiger partial charge in [-0.1, -0.05) is 91.8 Å². The van der Waals surface area contributed by atoms with E-state index in [1.807, 2.05) is 73.7 Å². The Hall–Kier alpha value is -4.89. The quantitative estimate of drug-likeness (QED) is 0.0533. The van der Waals surface area contributed by atoms with Crippen LogP contribution in [0.25, 0.3) is 11.1 Å². The molecule has 0 unspecified atom stereocenters. The Kier molecular flexibility index (Phi) is 11.2. The first-order chi connectivity index (χ1) is 21.6. The molecule has 0 aliphatic carbocycles. The van der Waals surface area contributed by atoms with E-state index in [4.69, 9.17) is 4.84 Å². The van der Waals surface area contributed by atoms with Crippen LogP contribution >= 0.6 is 11.3 Å². The summed E-state index contributed by atoms with van der Waals surface area (Å²) in [5, 5.41) is 4.49. The molecule has 232 valence electrons. The summed E-state index contributed by atoms with van der Waals surface area (Å²) < 4.78 is 0. The highest BCUT2D eigenvalue weighted by Gasteiger charge is 2.26. The molecule has 0 aliphatic heterocycles. The summed E-state index contributed by atoms with van der Waals surface area (Å²) in [5.74, 6) is -0.662. The number of rotatable bonds is 12. The minimum absolute atomic E-state index is 0.104. The molecule has 0 N–H and O–H groups in total. The number of aldehydes is 1. The number of likely N-dealkylation sites (N-methyl/N-ethyl adjacent to an activating group) is 1. The van der Waals surface area contributed by atoms with E-state index in [1.165, 1.54) is 23.2 Å². The summed E-state index contributed by atoms with van der Waals surface area (Å²) in [6.07, 6.45) is 2.37. The number of ketones is 1. The SMILES string of the molecule is CCc1ccc(C(=O)CN(C)C(=O)N(Cc2ccc(-c3ccccc3/C(C)=N/OC(C)=O)cc2)c2sc(CC)cc2C=O)cc1. The van der Waals surface area contributed by atoms with E-state index in [9.17, 15) is 19.2 Å². The largest absolute Gasteiger partial charge is 0.331 e. The zero-order valence-electron chi connectivity index (χ0n) is 26.2. The van der Waals surface area contributed by atoms with Crippen LogP contribution in [0.3, 0.4) is 0 Å². The van der Waals surface area contributed by atoms with Crippen molar-refractivity contribution in [2.24, 2.45) is 5.16 Å². The van der Waals surface area contributed by atoms with Crippen molar-refractivity contribution >= 4 is 46.1 Å². The molecule has 3 aromatic carbocycles. The number of carbonyl (C=O) groups is 4. The number of Topliss-reactive ketones (excluding diaryl/α,β-unsaturated/α-hetero) is 1. The van der Waals surface area contributed by atoms with Crippen molar-refractivity contribution in [1.82, 2.24) is 4.90 Å². The molecule has 0 bridgehead atoms. The lowest BCUT2D eigenvalue weighted by molar-refractivity contribution is -0.140. The number of urea groups is 1. The van der Waals surface area contributed by atoms with Crippen LogP contribution in [0.1, 0.15) is 70.0 Å². The van der Waals surface area contributed by atoms with Crippen molar-refractivity contribution in [3.8, 4) is 11.1 Å². The average Bonchev–Trinajstić information content (AvgIpc) is 3.49. The third-order valence-electron chi connectivity index (χ3n) is 7.37. The second-order valence-corrected chi connectivity index (χ2v) is 11.8. The molecule has 1 aromatic heterocycles. The smallest absolute Gasteiger partial charge is 0.320 e. The number of amides is 2. The molecule has 1 heterocycles. The van der Waals surface area contributed by atoms with E-state index < -0.39 is 5.97 Å². The van der Waals surface area contributed by atoms with Crippen molar-refractivity contribution in [2.75, 3.05) is 18.5 Å². The second-order valence-electron chi connectivity index (χ2n) is 10.6. The number of nitrogens with zero attached hydrogens (tertiary/aromatic N) is 3. The molecule has 0 spiro atoms. The van der Waals surface area contributed by atoms with Crippen molar-refractivity contribution in [2.45, 2.75) is 47.1 Å². The molecule has 2 amide bonds. The molecule has 0 radical (unpaired) electrons. The molecule has 4 rings (SSSR count). The molecule has 4 aromatic rings. The number of anilines is 1. The average molecular weight is 624 g/mol. The molecule has 9 heteroatoms. The summed E-state index contributed by atoms with van der Waals surface area (Å²) in [7, 11) is 1.60. The number of benzene rings is 3. The number of carbonyl (C=O) groups excluding carboxylic acids is 4. The Morgan fingerprint density at radius 3 is 2.18 bits per heavy atom. The summed E-state index contributed by atoms with van der Waals surface area (Å²) in [5.41, 5.74) is 6.16. The molecular weight excluding hydrogens is 586 g/mol. The third kappa shape index (κ3) is 8.19. The van der Waals surface area contributed by atoms with Gasteiger partial charge in [-0.05, 0) is 48.1 Å². The Balaban J connectivity index is 1.62. The molecule has 45 heavy (non-hydrogen) atoms. The van der Waals surface area contributed by atoms with Gasteiger partial charge in [0.15, 0.2) is 12.1 Å². The molecule has 8 nitrogen and oxygen atoms in total. The predicted octanol–water partition coefficient (Wildman–Crippen LogP) is 7.58. The number of hydrogen-bond acceptors (Lipinski definition) is 7. The molecule has 0 aliphatic rings. The number of hydrogen-bond donors (Lipinski definition) is 0. The van der Waals surface area contributed by atoms with Gasteiger partial charge in [-0.3, -0.25) is 14.5 Å². The van der Waals surface area contributed by atoms with Gasteiger partial charge in [-0.15, -0.1) is 11.3 Å². The van der Waals surface area contributed by atoms with E-state index in [0.29, 0.717) is 21.8 Å². The van der Waals surface area contributed by atoms with E-state index in [2.05, 4.69) is 12.1 Å². The maximum Gasteiger partial charge on any atom is 0.331 e. The highest BCUT2D eigenvalue weighted by Crippen LogP contribution is 2.33. The van der Waals surface area contributed by atoms with Crippen molar-refractivity contribution in [3.05, 3.63) is 112 Å². The van der Waals surface area contributed by atoms with Crippen molar-refractivity contribution in [3.63, 3.8) is 0 Å². The van der Waals surface area contributed by atoms with Crippen LogP contribution in [0, 0.1) is 0 Å². The van der Waals surface area contributed by atoms with Crippen LogP contribution in [0.15, 0.2) is 84.0 Å². The summed E-state index contributed by atoms with van der Waals surface area (Å²) >= 11 is 1.40. The first-order valence-corrected chi connectivity index (χ1v) is 15.6. The van der Waals surface area contributed by atoms with Crippen LogP contribution in [0.5, 0.6) is 0 Å². The standard InChI is InChI=1S/C36H37N3O5S/c1-6-26-12-18-29(19-13-26)34(42)22-38(5)36(43)39(35-30(23-40)20-31(7-2)45-35)21-27-14-16-28(17-15-27)33-11-9-8-10-32(33)24(3)37-44-25(4)41/h8-20,23H,6-7,21-22H2,1-5H3/b37-24+. The minimum atomic E-state index is -0.495. The number of oxime groups is 1. The van der Waals surface area contributed by atoms with E-state index in [0.717, 1.165) is 51.8 Å². The van der Waals surface area contributed by atoms with Crippen LogP contribution in [0.4, 0.5) is 9.80 Å². The molecular formula is C36H37N3O5S. The predicted molar refractivity (Wildman–Crippen MR) is 179 cm³/mol. The Morgan fingerprint density at radius 1 is 0.889 bits per heavy atom. The number of aryl methyl sites for hydroxylation is 2. The van der Waals surface area contributed by atoms with E-state index in [1.54, 1.807) is 31.0 Å². The van der Waals surface area contributed by atoms with Gasteiger partial charge in [0.1, 0.15) is 5.00 Å². The topological polar surface area (TPSA) is 96.3 Å². The summed E-state index contributed by atoms with van der Waals surface area (Å²) in [6, 6.07) is 24.3. The van der Waals surface area contributed by atoms with Gasteiger partial charge in [-0.2, -0.15) is 0 Å². The summed E-state index contributed by atoms with van der Waals surface area (Å²) in [4.78, 5) is 59.1. The van der Waals surface area contributed by atoms with Gasteiger partial charge in [0.2, 0.25) is 0 Å². The highest BCUT2D eigenvalue weighted by molar-refractivity contribution is 7.16. The minimum Gasteiger partial charge on any atom is -0.320 e. The van der Waals surface area contributed by atoms with Gasteiger partial charge in [-0.25, -0.2) is 9.59 Å². The molecule has 0 saturated carbocycles. The molecule has 0 saturated heterocycles. The Bertz CT molecular complexity index is 1710. The van der Waals surface area contributed by atoms with Gasteiger partial charge in [0.25, 0.3) is 0 Å². The van der Waals surface area contributed by atoms with Crippen LogP contribution in [0.2, 0.25) is 0 Å². The summed E-state index contributed by atoms with van der Waals surface area (Å²) in [6.45, 7) is 7.22. The Labute approximate surface area is 267 Å². The van der Waals surface area contributed by atoms with Crippen LogP contribution in [-0.2, 0) is 29.0 Å². The van der Waals surface area contributed by atoms with Crippen molar-refractivity contribution < 1.29 is 24.0 Å². The maximum absolute atomic E-state index is 13.9. The van der Waals surface area contributed by atoms with E-state index >= 15 is 0 Å². The number of thiophene rings is 1. The molecule has 0 atom stereocenters. The van der Waals surface area contributed by atoms with Crippen LogP contribution < -0.4 is 4.90 Å². The highest BCUT2D eigenvalue weighted by atomic mass is 32.1. The van der Waals surface area contributed by atoms with Crippen LogP contribution in [-0.4, -0.2) is 48.3 Å². The zero-order valence-corrected chi connectivity index (χ0v) is 27.0. The monoisotopic (exact) mass is 623 g/mol. The lowest BCUT2D eigenvalue weighted by atomic mass is 9.96. The molecule has 0 fully saturated rings. The lowest BCUT2D eigenvalue weighted by Crippen LogP contribution is -2.43. The first-order valence-electron chi connectivity index (χ1n) is 14.8. The van der Waals surface area contributed by atoms with Gasteiger partial charge < -0.3 is 9.74 Å². The van der Waals surface area contributed by atoms with Gasteiger partial charge in [0, 0.05) is 35.5 Å². The first kappa shape index (κ1) is 33.0. The zero-order chi connectivity index (χ0) is 32.5. The fourth-order valence-corrected chi connectivity index (χ4v) is 5.91. The fraction of sp³-hybridized carbons (Fsp3) is 0.250. The van der Waals surface area contributed by atoms with Crippen molar-refractivity contribution in [1.29, 1.82) is 0 Å². The van der Waals surface area contributed by atoms with Gasteiger partial charge in [0.05, 0.1) is 18.8 Å². The van der Waals surface area contributed by atoms with E-state index in [-0.39, 0.29) is 24.9 Å². The lowest BCUT2D eigenvalue weighted by Gasteiger charge is -2.27. The normalized spacial score (nSPS) is 11.2. The second kappa shape index (κ2) is 15.2. The Morgan fingerprint density at radius 2 is 1.56 bits per heavy atom. The van der Waals surface area contributed by atoms with Gasteiger partial charge >= 0.3 is 12.0 Å². The fourth-order valence-electron chi connectivity index (χ4n) is 4.85. The third-order valence-corrected chi connectivity index (χ3v) is 8.69. The maximum atomic E-state index is 13.9.